The number of halogens is 2. The maximum absolute atomic E-state index is 6.21. The van der Waals surface area contributed by atoms with Gasteiger partial charge in [-0.2, -0.15) is 0 Å². The highest BCUT2D eigenvalue weighted by Crippen LogP contribution is 2.31. The molecule has 4 heteroatoms. The highest BCUT2D eigenvalue weighted by Gasteiger charge is 2.14. The lowest BCUT2D eigenvalue weighted by atomic mass is 9.98. The minimum Gasteiger partial charge on any atom is -0.495 e. The predicted octanol–water partition coefficient (Wildman–Crippen LogP) is 4.73. The van der Waals surface area contributed by atoms with E-state index in [0.717, 1.165) is 10.0 Å². The van der Waals surface area contributed by atoms with E-state index in [1.165, 1.54) is 11.1 Å². The molecule has 0 aliphatic heterocycles. The quantitative estimate of drug-likeness (QED) is 0.857. The summed E-state index contributed by atoms with van der Waals surface area (Å²) in [5, 5.41) is 3.95. The van der Waals surface area contributed by atoms with Crippen LogP contribution in [-0.2, 0) is 0 Å². The Bertz CT molecular complexity index is 615. The molecule has 1 N–H and O–H groups in total. The molecule has 106 valence electrons. The SMILES string of the molecule is CNC(c1ccc(OC)c(Cl)c1)c1ccc(C)c(Br)c1. The van der Waals surface area contributed by atoms with Gasteiger partial charge in [-0.05, 0) is 48.9 Å². The summed E-state index contributed by atoms with van der Waals surface area (Å²) in [6.07, 6.45) is 0. The Balaban J connectivity index is 2.41. The van der Waals surface area contributed by atoms with Gasteiger partial charge < -0.3 is 10.1 Å². The molecule has 0 amide bonds. The van der Waals surface area contributed by atoms with Crippen molar-refractivity contribution in [3.63, 3.8) is 0 Å². The zero-order chi connectivity index (χ0) is 14.7. The number of nitrogens with one attached hydrogen (secondary N) is 1. The van der Waals surface area contributed by atoms with Crippen molar-refractivity contribution >= 4 is 27.5 Å². The van der Waals surface area contributed by atoms with Crippen LogP contribution >= 0.6 is 27.5 Å². The van der Waals surface area contributed by atoms with Crippen molar-refractivity contribution < 1.29 is 4.74 Å². The Labute approximate surface area is 133 Å². The van der Waals surface area contributed by atoms with Crippen LogP contribution in [0.1, 0.15) is 22.7 Å². The van der Waals surface area contributed by atoms with Crippen molar-refractivity contribution in [1.82, 2.24) is 5.32 Å². The van der Waals surface area contributed by atoms with Crippen molar-refractivity contribution in [1.29, 1.82) is 0 Å². The van der Waals surface area contributed by atoms with Crippen LogP contribution in [0, 0.1) is 6.92 Å². The molecular formula is C16H17BrClNO. The first-order valence-corrected chi connectivity index (χ1v) is 7.50. The number of hydrogen-bond donors (Lipinski definition) is 1. The molecule has 2 aromatic carbocycles. The summed E-state index contributed by atoms with van der Waals surface area (Å²) in [5.41, 5.74) is 3.51. The lowest BCUT2D eigenvalue weighted by molar-refractivity contribution is 0.414. The zero-order valence-corrected chi connectivity index (χ0v) is 14.0. The van der Waals surface area contributed by atoms with E-state index in [1.54, 1.807) is 7.11 Å². The Morgan fingerprint density at radius 3 is 2.35 bits per heavy atom. The van der Waals surface area contributed by atoms with E-state index in [-0.39, 0.29) is 6.04 Å². The van der Waals surface area contributed by atoms with Crippen LogP contribution in [0.15, 0.2) is 40.9 Å². The van der Waals surface area contributed by atoms with Gasteiger partial charge in [-0.3, -0.25) is 0 Å². The van der Waals surface area contributed by atoms with Gasteiger partial charge in [0.25, 0.3) is 0 Å². The number of benzene rings is 2. The van der Waals surface area contributed by atoms with Gasteiger partial charge in [0.15, 0.2) is 0 Å². The first kappa shape index (κ1) is 15.4. The monoisotopic (exact) mass is 353 g/mol. The van der Waals surface area contributed by atoms with Gasteiger partial charge in [-0.25, -0.2) is 0 Å². The highest BCUT2D eigenvalue weighted by molar-refractivity contribution is 9.10. The van der Waals surface area contributed by atoms with E-state index < -0.39 is 0 Å². The third-order valence-electron chi connectivity index (χ3n) is 3.33. The second-order valence-electron chi connectivity index (χ2n) is 4.62. The second kappa shape index (κ2) is 6.61. The Morgan fingerprint density at radius 1 is 1.15 bits per heavy atom. The van der Waals surface area contributed by atoms with Gasteiger partial charge in [0.1, 0.15) is 5.75 Å². The Morgan fingerprint density at radius 2 is 1.80 bits per heavy atom. The molecular weight excluding hydrogens is 338 g/mol. The first-order valence-electron chi connectivity index (χ1n) is 6.33. The van der Waals surface area contributed by atoms with Crippen molar-refractivity contribution in [2.75, 3.05) is 14.2 Å². The maximum atomic E-state index is 6.21. The fourth-order valence-corrected chi connectivity index (χ4v) is 2.84. The summed E-state index contributed by atoms with van der Waals surface area (Å²) in [7, 11) is 3.56. The maximum Gasteiger partial charge on any atom is 0.137 e. The van der Waals surface area contributed by atoms with Gasteiger partial charge in [-0.1, -0.05) is 45.7 Å². The summed E-state index contributed by atoms with van der Waals surface area (Å²) < 4.78 is 6.30. The summed E-state index contributed by atoms with van der Waals surface area (Å²) in [5.74, 6) is 0.690. The molecule has 2 aromatic rings. The van der Waals surface area contributed by atoms with Gasteiger partial charge in [0, 0.05) is 4.47 Å². The molecule has 0 heterocycles. The molecule has 0 fully saturated rings. The van der Waals surface area contributed by atoms with Crippen LogP contribution in [0.25, 0.3) is 0 Å². The Hall–Kier alpha value is -1.03. The molecule has 1 unspecified atom stereocenters. The van der Waals surface area contributed by atoms with Crippen LogP contribution in [0.3, 0.4) is 0 Å². The third kappa shape index (κ3) is 3.17. The van der Waals surface area contributed by atoms with E-state index in [2.05, 4.69) is 46.4 Å². The zero-order valence-electron chi connectivity index (χ0n) is 11.7. The average molecular weight is 355 g/mol. The molecule has 0 saturated carbocycles. The number of methoxy groups -OCH3 is 1. The molecule has 0 bridgehead atoms. The smallest absolute Gasteiger partial charge is 0.137 e. The van der Waals surface area contributed by atoms with Crippen molar-refractivity contribution in [2.24, 2.45) is 0 Å². The third-order valence-corrected chi connectivity index (χ3v) is 4.48. The molecule has 2 rings (SSSR count). The van der Waals surface area contributed by atoms with Gasteiger partial charge in [-0.15, -0.1) is 0 Å². The van der Waals surface area contributed by atoms with Crippen molar-refractivity contribution in [3.8, 4) is 5.75 Å². The summed E-state index contributed by atoms with van der Waals surface area (Å²) >= 11 is 9.79. The Kier molecular flexibility index (Phi) is 5.08. The molecule has 0 aliphatic carbocycles. The van der Waals surface area contributed by atoms with Crippen molar-refractivity contribution in [2.45, 2.75) is 13.0 Å². The number of aryl methyl sites for hydroxylation is 1. The van der Waals surface area contributed by atoms with Gasteiger partial charge >= 0.3 is 0 Å². The van der Waals surface area contributed by atoms with Crippen LogP contribution in [0.2, 0.25) is 5.02 Å². The standard InChI is InChI=1S/C16H17BrClNO/c1-10-4-5-11(8-13(10)17)16(19-2)12-6-7-15(20-3)14(18)9-12/h4-9,16,19H,1-3H3. The predicted molar refractivity (Wildman–Crippen MR) is 87.8 cm³/mol. The van der Waals surface area contributed by atoms with Crippen LogP contribution in [0.4, 0.5) is 0 Å². The molecule has 0 spiro atoms. The summed E-state index contributed by atoms with van der Waals surface area (Å²) in [6, 6.07) is 12.3. The number of ether oxygens (including phenoxy) is 1. The number of hydrogen-bond acceptors (Lipinski definition) is 2. The largest absolute Gasteiger partial charge is 0.495 e. The fraction of sp³-hybridized carbons (Fsp3) is 0.250. The van der Waals surface area contributed by atoms with E-state index in [9.17, 15) is 0 Å². The van der Waals surface area contributed by atoms with Crippen LogP contribution in [-0.4, -0.2) is 14.2 Å². The fourth-order valence-electron chi connectivity index (χ4n) is 2.18. The molecule has 0 aromatic heterocycles. The van der Waals surface area contributed by atoms with Gasteiger partial charge in [0.2, 0.25) is 0 Å². The molecule has 20 heavy (non-hydrogen) atoms. The van der Waals surface area contributed by atoms with Crippen LogP contribution < -0.4 is 10.1 Å². The lowest BCUT2D eigenvalue weighted by Gasteiger charge is -2.19. The molecule has 2 nitrogen and oxygen atoms in total. The minimum atomic E-state index is 0.0929. The second-order valence-corrected chi connectivity index (χ2v) is 5.89. The molecule has 0 radical (unpaired) electrons. The van der Waals surface area contributed by atoms with E-state index in [4.69, 9.17) is 16.3 Å². The minimum absolute atomic E-state index is 0.0929. The van der Waals surface area contributed by atoms with Crippen molar-refractivity contribution in [3.05, 3.63) is 62.6 Å². The average Bonchev–Trinajstić information content (AvgIpc) is 2.44. The topological polar surface area (TPSA) is 21.3 Å². The summed E-state index contributed by atoms with van der Waals surface area (Å²) in [4.78, 5) is 0. The highest BCUT2D eigenvalue weighted by atomic mass is 79.9. The van der Waals surface area contributed by atoms with E-state index in [1.807, 2.05) is 25.2 Å². The number of rotatable bonds is 4. The molecule has 0 saturated heterocycles. The molecule has 1 atom stereocenters. The lowest BCUT2D eigenvalue weighted by Crippen LogP contribution is -2.17. The van der Waals surface area contributed by atoms with E-state index in [0.29, 0.717) is 10.8 Å². The first-order chi connectivity index (χ1) is 9.56. The summed E-state index contributed by atoms with van der Waals surface area (Å²) in [6.45, 7) is 2.08. The normalized spacial score (nSPS) is 12.2. The van der Waals surface area contributed by atoms with Gasteiger partial charge in [0.05, 0.1) is 18.2 Å². The molecule has 0 aliphatic rings. The van der Waals surface area contributed by atoms with Crippen LogP contribution in [0.5, 0.6) is 5.75 Å². The van der Waals surface area contributed by atoms with E-state index >= 15 is 0 Å².